The van der Waals surface area contributed by atoms with Crippen molar-refractivity contribution in [2.75, 3.05) is 25.5 Å². The van der Waals surface area contributed by atoms with E-state index in [1.165, 1.54) is 14.2 Å². The van der Waals surface area contributed by atoms with Crippen molar-refractivity contribution in [1.29, 1.82) is 0 Å². The molecule has 2 aromatic carbocycles. The molecule has 0 aliphatic carbocycles. The number of sulfonamides is 1. The lowest BCUT2D eigenvalue weighted by atomic mass is 10.2. The quantitative estimate of drug-likeness (QED) is 0.549. The van der Waals surface area contributed by atoms with Gasteiger partial charge in [-0.25, -0.2) is 8.42 Å². The molecule has 2 heterocycles. The Bertz CT molecular complexity index is 1150. The molecular weight excluding hydrogens is 432 g/mol. The molecule has 2 atom stereocenters. The van der Waals surface area contributed by atoms with Crippen LogP contribution in [0.5, 0.6) is 11.5 Å². The van der Waals surface area contributed by atoms with Crippen LogP contribution in [0.4, 0.5) is 5.95 Å². The van der Waals surface area contributed by atoms with E-state index in [0.717, 1.165) is 12.8 Å². The SMILES string of the molecule is COc1cccc(OC)c1-n1c(NS(=O)(=O)[C@@H](C)c2ccccc2)nnc1[C@@H]1CCCO1. The maximum absolute atomic E-state index is 13.2. The number of ether oxygens (including phenoxy) is 3. The first-order valence-electron chi connectivity index (χ1n) is 10.3. The number of hydrogen-bond acceptors (Lipinski definition) is 7. The first-order valence-corrected chi connectivity index (χ1v) is 11.9. The minimum atomic E-state index is -3.84. The lowest BCUT2D eigenvalue weighted by Gasteiger charge is -2.20. The molecule has 1 aliphatic heterocycles. The second-order valence-corrected chi connectivity index (χ2v) is 9.43. The average Bonchev–Trinajstić information content (AvgIpc) is 3.48. The third kappa shape index (κ3) is 4.15. The second kappa shape index (κ2) is 9.17. The topological polar surface area (TPSA) is 105 Å². The number of rotatable bonds is 8. The fourth-order valence-electron chi connectivity index (χ4n) is 3.74. The van der Waals surface area contributed by atoms with Crippen LogP contribution in [-0.2, 0) is 14.8 Å². The summed E-state index contributed by atoms with van der Waals surface area (Å²) in [6.07, 6.45) is 1.32. The zero-order chi connectivity index (χ0) is 22.7. The van der Waals surface area contributed by atoms with Gasteiger partial charge in [-0.05, 0) is 37.5 Å². The Morgan fingerprint density at radius 3 is 2.34 bits per heavy atom. The number of para-hydroxylation sites is 1. The fraction of sp³-hybridized carbons (Fsp3) is 0.364. The molecule has 1 aromatic heterocycles. The summed E-state index contributed by atoms with van der Waals surface area (Å²) < 4.78 is 47.7. The van der Waals surface area contributed by atoms with Gasteiger partial charge >= 0.3 is 0 Å². The highest BCUT2D eigenvalue weighted by atomic mass is 32.2. The number of methoxy groups -OCH3 is 2. The van der Waals surface area contributed by atoms with E-state index in [1.807, 2.05) is 6.07 Å². The average molecular weight is 459 g/mol. The van der Waals surface area contributed by atoms with E-state index < -0.39 is 15.3 Å². The maximum atomic E-state index is 13.2. The molecule has 1 saturated heterocycles. The predicted octanol–water partition coefficient (Wildman–Crippen LogP) is 3.64. The fourth-order valence-corrected chi connectivity index (χ4v) is 4.82. The molecule has 1 fully saturated rings. The zero-order valence-electron chi connectivity index (χ0n) is 18.2. The summed E-state index contributed by atoms with van der Waals surface area (Å²) in [5.41, 5.74) is 1.17. The van der Waals surface area contributed by atoms with Crippen molar-refractivity contribution in [2.45, 2.75) is 31.1 Å². The normalized spacial score (nSPS) is 17.2. The molecular formula is C22H26N4O5S. The van der Waals surface area contributed by atoms with E-state index in [-0.39, 0.29) is 12.1 Å². The van der Waals surface area contributed by atoms with Crippen LogP contribution in [0.25, 0.3) is 5.69 Å². The van der Waals surface area contributed by atoms with Gasteiger partial charge in [0.15, 0.2) is 5.82 Å². The van der Waals surface area contributed by atoms with Gasteiger partial charge in [0.05, 0.1) is 14.2 Å². The monoisotopic (exact) mass is 458 g/mol. The number of hydrogen-bond donors (Lipinski definition) is 1. The number of nitrogens with one attached hydrogen (secondary N) is 1. The molecule has 0 bridgehead atoms. The van der Waals surface area contributed by atoms with E-state index >= 15 is 0 Å². The van der Waals surface area contributed by atoms with E-state index in [9.17, 15) is 8.42 Å². The van der Waals surface area contributed by atoms with Crippen LogP contribution in [0, 0.1) is 0 Å². The minimum Gasteiger partial charge on any atom is -0.494 e. The van der Waals surface area contributed by atoms with E-state index in [0.29, 0.717) is 35.2 Å². The molecule has 32 heavy (non-hydrogen) atoms. The smallest absolute Gasteiger partial charge is 0.243 e. The molecule has 0 saturated carbocycles. The molecule has 0 unspecified atom stereocenters. The second-order valence-electron chi connectivity index (χ2n) is 7.43. The summed E-state index contributed by atoms with van der Waals surface area (Å²) in [7, 11) is -0.767. The van der Waals surface area contributed by atoms with Gasteiger partial charge in [-0.3, -0.25) is 9.29 Å². The van der Waals surface area contributed by atoms with Gasteiger partial charge in [0.25, 0.3) is 0 Å². The Balaban J connectivity index is 1.83. The summed E-state index contributed by atoms with van der Waals surface area (Å²) in [6, 6.07) is 14.3. The summed E-state index contributed by atoms with van der Waals surface area (Å²) in [6.45, 7) is 2.23. The Hall–Kier alpha value is -3.11. The van der Waals surface area contributed by atoms with Crippen LogP contribution in [0.2, 0.25) is 0 Å². The minimum absolute atomic E-state index is 0.0427. The van der Waals surface area contributed by atoms with Crippen LogP contribution in [-0.4, -0.2) is 44.0 Å². The molecule has 0 spiro atoms. The Morgan fingerprint density at radius 2 is 1.75 bits per heavy atom. The molecule has 4 rings (SSSR count). The van der Waals surface area contributed by atoms with Gasteiger partial charge in [0.2, 0.25) is 16.0 Å². The van der Waals surface area contributed by atoms with Crippen LogP contribution in [0.1, 0.15) is 42.5 Å². The van der Waals surface area contributed by atoms with Crippen molar-refractivity contribution in [3.8, 4) is 17.2 Å². The summed E-state index contributed by atoms with van der Waals surface area (Å²) >= 11 is 0. The van der Waals surface area contributed by atoms with Crippen LogP contribution < -0.4 is 14.2 Å². The molecule has 1 aliphatic rings. The van der Waals surface area contributed by atoms with E-state index in [1.54, 1.807) is 54.0 Å². The number of benzene rings is 2. The molecule has 0 amide bonds. The van der Waals surface area contributed by atoms with E-state index in [2.05, 4.69) is 14.9 Å². The van der Waals surface area contributed by atoms with Crippen molar-refractivity contribution in [2.24, 2.45) is 0 Å². The largest absolute Gasteiger partial charge is 0.494 e. The van der Waals surface area contributed by atoms with Crippen molar-refractivity contribution in [3.05, 3.63) is 59.9 Å². The lowest BCUT2D eigenvalue weighted by molar-refractivity contribution is 0.103. The predicted molar refractivity (Wildman–Crippen MR) is 120 cm³/mol. The summed E-state index contributed by atoms with van der Waals surface area (Å²) in [4.78, 5) is 0. The van der Waals surface area contributed by atoms with Gasteiger partial charge in [0, 0.05) is 6.61 Å². The standard InChI is InChI=1S/C22H26N4O5S/c1-15(16-9-5-4-6-10-16)32(27,28)25-22-24-23-21(19-13-8-14-31-19)26(22)20-17(29-2)11-7-12-18(20)30-3/h4-7,9-12,15,19H,8,13-14H2,1-3H3,(H,24,25)/t15-,19-/m0/s1. The number of nitrogens with zero attached hydrogens (tertiary/aromatic N) is 3. The highest BCUT2D eigenvalue weighted by Crippen LogP contribution is 2.39. The lowest BCUT2D eigenvalue weighted by Crippen LogP contribution is -2.22. The highest BCUT2D eigenvalue weighted by molar-refractivity contribution is 7.92. The maximum Gasteiger partial charge on any atom is 0.243 e. The van der Waals surface area contributed by atoms with Gasteiger partial charge in [-0.1, -0.05) is 36.4 Å². The first kappa shape index (κ1) is 22.1. The Labute approximate surface area is 187 Å². The van der Waals surface area contributed by atoms with Crippen LogP contribution in [0.15, 0.2) is 48.5 Å². The third-order valence-corrected chi connectivity index (χ3v) is 7.17. The molecule has 10 heteroatoms. The molecule has 3 aromatic rings. The van der Waals surface area contributed by atoms with Gasteiger partial charge in [0.1, 0.15) is 28.5 Å². The highest BCUT2D eigenvalue weighted by Gasteiger charge is 2.32. The van der Waals surface area contributed by atoms with E-state index in [4.69, 9.17) is 14.2 Å². The zero-order valence-corrected chi connectivity index (χ0v) is 19.0. The van der Waals surface area contributed by atoms with Gasteiger partial charge in [-0.2, -0.15) is 0 Å². The first-order chi connectivity index (χ1) is 15.5. The number of aromatic nitrogens is 3. The Kier molecular flexibility index (Phi) is 6.33. The van der Waals surface area contributed by atoms with Gasteiger partial charge in [-0.15, -0.1) is 10.2 Å². The van der Waals surface area contributed by atoms with Crippen molar-refractivity contribution < 1.29 is 22.6 Å². The molecule has 1 N–H and O–H groups in total. The Morgan fingerprint density at radius 1 is 1.06 bits per heavy atom. The van der Waals surface area contributed by atoms with Crippen LogP contribution in [0.3, 0.4) is 0 Å². The summed E-state index contributed by atoms with van der Waals surface area (Å²) in [5, 5.41) is 7.67. The number of anilines is 1. The third-order valence-electron chi connectivity index (χ3n) is 5.50. The van der Waals surface area contributed by atoms with Crippen molar-refractivity contribution >= 4 is 16.0 Å². The molecule has 170 valence electrons. The summed E-state index contributed by atoms with van der Waals surface area (Å²) in [5.74, 6) is 1.50. The van der Waals surface area contributed by atoms with Crippen molar-refractivity contribution in [3.63, 3.8) is 0 Å². The van der Waals surface area contributed by atoms with Crippen molar-refractivity contribution in [1.82, 2.24) is 14.8 Å². The molecule has 0 radical (unpaired) electrons. The van der Waals surface area contributed by atoms with Crippen LogP contribution >= 0.6 is 0 Å². The molecule has 9 nitrogen and oxygen atoms in total. The van der Waals surface area contributed by atoms with Gasteiger partial charge < -0.3 is 14.2 Å².